The van der Waals surface area contributed by atoms with Gasteiger partial charge in [0.15, 0.2) is 0 Å². The van der Waals surface area contributed by atoms with Gasteiger partial charge in [-0.15, -0.1) is 0 Å². The van der Waals surface area contributed by atoms with Crippen LogP contribution in [0.25, 0.3) is 0 Å². The number of thioether (sulfide) groups is 1. The normalized spacial score (nSPS) is 26.8. The molecule has 0 spiro atoms. The third-order valence-electron chi connectivity index (χ3n) is 5.61. The second-order valence-corrected chi connectivity index (χ2v) is 11.0. The zero-order chi connectivity index (χ0) is 18.9. The molecule has 8 heteroatoms. The molecule has 4 rings (SSSR count). The van der Waals surface area contributed by atoms with Gasteiger partial charge in [0, 0.05) is 43.7 Å². The maximum atomic E-state index is 13.1. The van der Waals surface area contributed by atoms with E-state index in [9.17, 15) is 13.2 Å². The smallest absolute Gasteiger partial charge is 0.240 e. The third kappa shape index (κ3) is 4.34. The van der Waals surface area contributed by atoms with Gasteiger partial charge in [0.2, 0.25) is 15.9 Å². The summed E-state index contributed by atoms with van der Waals surface area (Å²) in [5, 5.41) is 2.71. The highest BCUT2D eigenvalue weighted by atomic mass is 32.2. The minimum atomic E-state index is -3.33. The molecule has 3 aliphatic rings. The van der Waals surface area contributed by atoms with Crippen molar-refractivity contribution < 1.29 is 13.2 Å². The lowest BCUT2D eigenvalue weighted by Crippen LogP contribution is -2.44. The molecule has 2 aliphatic heterocycles. The summed E-state index contributed by atoms with van der Waals surface area (Å²) in [7, 11) is -3.33. The van der Waals surface area contributed by atoms with E-state index in [1.165, 1.54) is 0 Å². The molecule has 1 aromatic rings. The molecular formula is C19H27N3O3S2. The molecule has 1 aliphatic carbocycles. The minimum absolute atomic E-state index is 0.0493. The lowest BCUT2D eigenvalue weighted by molar-refractivity contribution is -0.134. The molecule has 1 saturated carbocycles. The Morgan fingerprint density at radius 1 is 1.19 bits per heavy atom. The van der Waals surface area contributed by atoms with Crippen molar-refractivity contribution in [1.82, 2.24) is 14.5 Å². The van der Waals surface area contributed by atoms with E-state index >= 15 is 0 Å². The summed E-state index contributed by atoms with van der Waals surface area (Å²) in [5.74, 6) is 1.76. The molecule has 6 nitrogen and oxygen atoms in total. The number of benzene rings is 1. The Balaban J connectivity index is 1.41. The second kappa shape index (κ2) is 8.11. The number of carbonyl (C=O) groups is 1. The van der Waals surface area contributed by atoms with Crippen LogP contribution < -0.4 is 5.32 Å². The van der Waals surface area contributed by atoms with Crippen molar-refractivity contribution in [3.8, 4) is 0 Å². The lowest BCUT2D eigenvalue weighted by atomic mass is 10.1. The predicted octanol–water partition coefficient (Wildman–Crippen LogP) is 1.29. The maximum absolute atomic E-state index is 13.1. The fourth-order valence-corrected chi connectivity index (χ4v) is 6.87. The number of hydrogen-bond donors (Lipinski definition) is 1. The number of sulfonamides is 1. The van der Waals surface area contributed by atoms with E-state index in [-0.39, 0.29) is 5.91 Å². The first-order valence-corrected chi connectivity index (χ1v) is 12.4. The number of hydrogen-bond acceptors (Lipinski definition) is 5. The summed E-state index contributed by atoms with van der Waals surface area (Å²) in [6.45, 7) is 2.14. The van der Waals surface area contributed by atoms with Gasteiger partial charge in [0.05, 0.1) is 11.3 Å². The van der Waals surface area contributed by atoms with E-state index in [1.54, 1.807) is 16.1 Å². The molecule has 27 heavy (non-hydrogen) atoms. The molecule has 0 bridgehead atoms. The van der Waals surface area contributed by atoms with Crippen LogP contribution in [0.5, 0.6) is 0 Å². The van der Waals surface area contributed by atoms with Gasteiger partial charge >= 0.3 is 0 Å². The van der Waals surface area contributed by atoms with E-state index in [2.05, 4.69) is 5.32 Å². The Hall–Kier alpha value is -1.09. The average molecular weight is 410 g/mol. The molecule has 3 fully saturated rings. The Bertz CT molecular complexity index is 762. The van der Waals surface area contributed by atoms with E-state index in [4.69, 9.17) is 0 Å². The van der Waals surface area contributed by atoms with Crippen molar-refractivity contribution >= 4 is 27.7 Å². The Morgan fingerprint density at radius 3 is 2.56 bits per heavy atom. The molecule has 0 radical (unpaired) electrons. The van der Waals surface area contributed by atoms with Crippen molar-refractivity contribution in [2.24, 2.45) is 0 Å². The fourth-order valence-electron chi connectivity index (χ4n) is 3.88. The summed E-state index contributed by atoms with van der Waals surface area (Å²) in [6.07, 6.45) is 2.46. The van der Waals surface area contributed by atoms with Gasteiger partial charge in [-0.05, 0) is 24.8 Å². The third-order valence-corrected chi connectivity index (χ3v) is 8.84. The highest BCUT2D eigenvalue weighted by Gasteiger charge is 2.43. The lowest BCUT2D eigenvalue weighted by Gasteiger charge is -2.28. The largest absolute Gasteiger partial charge is 0.334 e. The van der Waals surface area contributed by atoms with Gasteiger partial charge < -0.3 is 10.2 Å². The Labute approximate surface area is 165 Å². The van der Waals surface area contributed by atoms with Crippen LogP contribution in [0.15, 0.2) is 30.3 Å². The van der Waals surface area contributed by atoms with Crippen molar-refractivity contribution in [3.63, 3.8) is 0 Å². The van der Waals surface area contributed by atoms with Crippen LogP contribution in [0.3, 0.4) is 0 Å². The van der Waals surface area contributed by atoms with Crippen molar-refractivity contribution in [3.05, 3.63) is 35.9 Å². The first-order valence-electron chi connectivity index (χ1n) is 9.70. The van der Waals surface area contributed by atoms with Crippen LogP contribution in [0.4, 0.5) is 0 Å². The fraction of sp³-hybridized carbons (Fsp3) is 0.632. The minimum Gasteiger partial charge on any atom is -0.334 e. The van der Waals surface area contributed by atoms with E-state index in [1.807, 2.05) is 35.2 Å². The van der Waals surface area contributed by atoms with Crippen LogP contribution in [0, 0.1) is 0 Å². The number of rotatable bonds is 6. The van der Waals surface area contributed by atoms with Crippen molar-refractivity contribution in [2.45, 2.75) is 43.1 Å². The average Bonchev–Trinajstić information content (AvgIpc) is 3.41. The van der Waals surface area contributed by atoms with Gasteiger partial charge in [0.25, 0.3) is 0 Å². The topological polar surface area (TPSA) is 69.7 Å². The van der Waals surface area contributed by atoms with Gasteiger partial charge in [-0.25, -0.2) is 8.42 Å². The molecule has 1 N–H and O–H groups in total. The van der Waals surface area contributed by atoms with Crippen LogP contribution in [0.2, 0.25) is 0 Å². The van der Waals surface area contributed by atoms with E-state index in [0.717, 1.165) is 29.9 Å². The Morgan fingerprint density at radius 2 is 1.89 bits per heavy atom. The van der Waals surface area contributed by atoms with Crippen LogP contribution in [0.1, 0.15) is 24.8 Å². The summed E-state index contributed by atoms with van der Waals surface area (Å²) < 4.78 is 27.4. The summed E-state index contributed by atoms with van der Waals surface area (Å²) in [4.78, 5) is 15.1. The molecule has 2 saturated heterocycles. The molecular weight excluding hydrogens is 382 g/mol. The van der Waals surface area contributed by atoms with E-state index in [0.29, 0.717) is 38.6 Å². The molecule has 148 valence electrons. The molecule has 2 atom stereocenters. The number of amides is 1. The zero-order valence-corrected chi connectivity index (χ0v) is 17.1. The first-order chi connectivity index (χ1) is 13.1. The van der Waals surface area contributed by atoms with Gasteiger partial charge in [-0.2, -0.15) is 16.1 Å². The zero-order valence-electron chi connectivity index (χ0n) is 15.4. The van der Waals surface area contributed by atoms with Gasteiger partial charge in [-0.3, -0.25) is 4.79 Å². The Kier molecular flexibility index (Phi) is 5.78. The SMILES string of the molecule is O=C(C1CC(S(=O)(=O)N2CCSCC2)CN1)N(Cc1ccccc1)C1CC1. The molecule has 1 aromatic carbocycles. The monoisotopic (exact) mass is 409 g/mol. The van der Waals surface area contributed by atoms with E-state index < -0.39 is 21.3 Å². The molecule has 0 aromatic heterocycles. The van der Waals surface area contributed by atoms with Crippen molar-refractivity contribution in [2.75, 3.05) is 31.1 Å². The van der Waals surface area contributed by atoms with Crippen LogP contribution in [-0.4, -0.2) is 72.0 Å². The number of nitrogens with zero attached hydrogens (tertiary/aromatic N) is 2. The standard InChI is InChI=1S/C19H27N3O3S2/c23-19(22(16-6-7-16)14-15-4-2-1-3-5-15)18-12-17(13-20-18)27(24,25)21-8-10-26-11-9-21/h1-5,16-18,20H,6-14H2. The number of nitrogens with one attached hydrogen (secondary N) is 1. The maximum Gasteiger partial charge on any atom is 0.240 e. The molecule has 2 unspecified atom stereocenters. The number of carbonyl (C=O) groups excluding carboxylic acids is 1. The highest BCUT2D eigenvalue weighted by molar-refractivity contribution is 7.99. The first kappa shape index (κ1) is 19.2. The van der Waals surface area contributed by atoms with Crippen molar-refractivity contribution in [1.29, 1.82) is 0 Å². The second-order valence-electron chi connectivity index (χ2n) is 7.56. The molecule has 2 heterocycles. The van der Waals surface area contributed by atoms with Crippen LogP contribution in [-0.2, 0) is 21.4 Å². The van der Waals surface area contributed by atoms with Gasteiger partial charge in [0.1, 0.15) is 0 Å². The van der Waals surface area contributed by atoms with Gasteiger partial charge in [-0.1, -0.05) is 30.3 Å². The molecule has 1 amide bonds. The quantitative estimate of drug-likeness (QED) is 0.767. The summed E-state index contributed by atoms with van der Waals surface area (Å²) in [6, 6.07) is 9.91. The predicted molar refractivity (Wildman–Crippen MR) is 108 cm³/mol. The van der Waals surface area contributed by atoms with Crippen LogP contribution >= 0.6 is 11.8 Å². The highest BCUT2D eigenvalue weighted by Crippen LogP contribution is 2.31. The summed E-state index contributed by atoms with van der Waals surface area (Å²) in [5.41, 5.74) is 1.12. The summed E-state index contributed by atoms with van der Waals surface area (Å²) >= 11 is 1.80.